The number of benzene rings is 1. The van der Waals surface area contributed by atoms with Gasteiger partial charge in [-0.3, -0.25) is 9.89 Å². The zero-order chi connectivity index (χ0) is 17.1. The maximum absolute atomic E-state index is 12.6. The highest BCUT2D eigenvalue weighted by Gasteiger charge is 2.25. The number of fused-ring (bicyclic) bond motifs is 1. The molecule has 0 aliphatic carbocycles. The molecule has 0 fully saturated rings. The van der Waals surface area contributed by atoms with Crippen molar-refractivity contribution in [1.29, 1.82) is 0 Å². The van der Waals surface area contributed by atoms with Crippen LogP contribution in [0.4, 0.5) is 0 Å². The van der Waals surface area contributed by atoms with Crippen LogP contribution in [0.1, 0.15) is 29.0 Å². The number of carbonyl (C=O) groups excluding carboxylic acids is 1. The first-order valence-electron chi connectivity index (χ1n) is 8.73. The summed E-state index contributed by atoms with van der Waals surface area (Å²) in [5.74, 6) is 0.252. The highest BCUT2D eigenvalue weighted by molar-refractivity contribution is 7.09. The number of H-pyrrole nitrogens is 1. The Hall–Kier alpha value is -2.40. The second-order valence-corrected chi connectivity index (χ2v) is 7.43. The fourth-order valence-corrected chi connectivity index (χ4v) is 4.12. The van der Waals surface area contributed by atoms with Gasteiger partial charge < -0.3 is 4.90 Å². The Kier molecular flexibility index (Phi) is 4.65. The average Bonchev–Trinajstić information content (AvgIpc) is 3.31. The highest BCUT2D eigenvalue weighted by atomic mass is 32.1. The number of rotatable bonds is 5. The van der Waals surface area contributed by atoms with Gasteiger partial charge in [-0.2, -0.15) is 5.10 Å². The highest BCUT2D eigenvalue weighted by Crippen LogP contribution is 2.28. The van der Waals surface area contributed by atoms with Crippen LogP contribution >= 0.6 is 11.3 Å². The third-order valence-corrected chi connectivity index (χ3v) is 5.66. The van der Waals surface area contributed by atoms with Crippen LogP contribution < -0.4 is 0 Å². The number of hydrogen-bond acceptors (Lipinski definition) is 3. The molecule has 0 unspecified atom stereocenters. The van der Waals surface area contributed by atoms with E-state index in [-0.39, 0.29) is 5.91 Å². The van der Waals surface area contributed by atoms with Crippen LogP contribution in [0, 0.1) is 0 Å². The predicted molar refractivity (Wildman–Crippen MR) is 100 cm³/mol. The van der Waals surface area contributed by atoms with Gasteiger partial charge in [-0.05, 0) is 24.3 Å². The summed E-state index contributed by atoms with van der Waals surface area (Å²) in [6, 6.07) is 14.4. The average molecular weight is 351 g/mol. The maximum Gasteiger partial charge on any atom is 0.222 e. The fourth-order valence-electron chi connectivity index (χ4n) is 3.37. The summed E-state index contributed by atoms with van der Waals surface area (Å²) in [6.07, 6.45) is 3.38. The minimum absolute atomic E-state index is 0.252. The van der Waals surface area contributed by atoms with Gasteiger partial charge in [0, 0.05) is 47.6 Å². The number of hydrogen-bond donors (Lipinski definition) is 1. The van der Waals surface area contributed by atoms with Gasteiger partial charge in [-0.15, -0.1) is 11.3 Å². The van der Waals surface area contributed by atoms with E-state index in [4.69, 9.17) is 0 Å². The van der Waals surface area contributed by atoms with Crippen molar-refractivity contribution in [2.45, 2.75) is 32.2 Å². The summed E-state index contributed by atoms with van der Waals surface area (Å²) in [5, 5.41) is 9.75. The van der Waals surface area contributed by atoms with Crippen molar-refractivity contribution in [2.24, 2.45) is 0 Å². The topological polar surface area (TPSA) is 49.0 Å². The van der Waals surface area contributed by atoms with Gasteiger partial charge in [0.25, 0.3) is 0 Å². The van der Waals surface area contributed by atoms with E-state index in [1.807, 2.05) is 23.1 Å². The third kappa shape index (κ3) is 3.51. The number of carbonyl (C=O) groups is 1. The number of aryl methyl sites for hydroxylation is 1. The molecular formula is C20H21N3OS. The zero-order valence-corrected chi connectivity index (χ0v) is 14.9. The van der Waals surface area contributed by atoms with Crippen LogP contribution in [0.5, 0.6) is 0 Å². The number of aromatic amines is 1. The molecule has 4 rings (SSSR count). The molecule has 5 heteroatoms. The molecule has 0 atom stereocenters. The summed E-state index contributed by atoms with van der Waals surface area (Å²) >= 11 is 1.76. The van der Waals surface area contributed by atoms with E-state index < -0.39 is 0 Å². The smallest absolute Gasteiger partial charge is 0.222 e. The van der Waals surface area contributed by atoms with Crippen LogP contribution in [0.2, 0.25) is 0 Å². The fraction of sp³-hybridized carbons (Fsp3) is 0.300. The Bertz CT molecular complexity index is 839. The van der Waals surface area contributed by atoms with Crippen LogP contribution in [0.25, 0.3) is 11.3 Å². The third-order valence-electron chi connectivity index (χ3n) is 4.73. The number of amides is 1. The molecule has 0 saturated carbocycles. The first-order chi connectivity index (χ1) is 12.3. The maximum atomic E-state index is 12.6. The molecule has 25 heavy (non-hydrogen) atoms. The molecule has 1 aliphatic heterocycles. The first-order valence-corrected chi connectivity index (χ1v) is 9.61. The number of nitrogens with zero attached hydrogens (tertiary/aromatic N) is 2. The standard InChI is InChI=1S/C20H21N3OS/c24-19(10-4-8-16-9-5-13-25-16)23-12-11-18-17(14-23)20(22-21-18)15-6-2-1-3-7-15/h1-3,5-7,9,13H,4,8,10-12,14H2,(H,21,22). The molecule has 4 nitrogen and oxygen atoms in total. The molecule has 1 aromatic carbocycles. The van der Waals surface area contributed by atoms with E-state index in [0.29, 0.717) is 13.0 Å². The minimum atomic E-state index is 0.252. The molecule has 1 amide bonds. The molecule has 0 spiro atoms. The Morgan fingerprint density at radius 1 is 1.20 bits per heavy atom. The van der Waals surface area contributed by atoms with Gasteiger partial charge in [0.05, 0.1) is 5.69 Å². The molecule has 0 bridgehead atoms. The Labute approximate surface area is 151 Å². The van der Waals surface area contributed by atoms with Crippen molar-refractivity contribution in [2.75, 3.05) is 6.54 Å². The van der Waals surface area contributed by atoms with Crippen molar-refractivity contribution >= 4 is 17.2 Å². The lowest BCUT2D eigenvalue weighted by atomic mass is 10.0. The summed E-state index contributed by atoms with van der Waals surface area (Å²) in [4.78, 5) is 15.9. The Morgan fingerprint density at radius 2 is 2.08 bits per heavy atom. The van der Waals surface area contributed by atoms with Crippen LogP contribution in [-0.2, 0) is 24.2 Å². The van der Waals surface area contributed by atoms with Crippen molar-refractivity contribution < 1.29 is 4.79 Å². The van der Waals surface area contributed by atoms with E-state index in [9.17, 15) is 4.79 Å². The lowest BCUT2D eigenvalue weighted by Crippen LogP contribution is -2.35. The number of aromatic nitrogens is 2. The Morgan fingerprint density at radius 3 is 2.88 bits per heavy atom. The van der Waals surface area contributed by atoms with Gasteiger partial charge in [-0.1, -0.05) is 36.4 Å². The zero-order valence-electron chi connectivity index (χ0n) is 14.1. The van der Waals surface area contributed by atoms with Crippen LogP contribution in [0.15, 0.2) is 47.8 Å². The molecule has 1 aliphatic rings. The number of nitrogens with one attached hydrogen (secondary N) is 1. The molecule has 3 aromatic rings. The van der Waals surface area contributed by atoms with Gasteiger partial charge >= 0.3 is 0 Å². The molecule has 0 radical (unpaired) electrons. The van der Waals surface area contributed by atoms with Crippen molar-refractivity contribution in [3.8, 4) is 11.3 Å². The SMILES string of the molecule is O=C(CCCc1cccs1)N1CCc2[nH]nc(-c3ccccc3)c2C1. The molecule has 0 saturated heterocycles. The van der Waals surface area contributed by atoms with E-state index in [0.717, 1.165) is 37.1 Å². The predicted octanol–water partition coefficient (Wildman–Crippen LogP) is 4.05. The van der Waals surface area contributed by atoms with Crippen molar-refractivity contribution in [1.82, 2.24) is 15.1 Å². The first kappa shape index (κ1) is 16.1. The van der Waals surface area contributed by atoms with Crippen LogP contribution in [-0.4, -0.2) is 27.5 Å². The quantitative estimate of drug-likeness (QED) is 0.754. The number of thiophene rings is 1. The molecule has 1 N–H and O–H groups in total. The Balaban J connectivity index is 1.42. The summed E-state index contributed by atoms with van der Waals surface area (Å²) in [7, 11) is 0. The second kappa shape index (κ2) is 7.23. The van der Waals surface area contributed by atoms with Crippen LogP contribution in [0.3, 0.4) is 0 Å². The molecule has 128 valence electrons. The molecule has 2 aromatic heterocycles. The van der Waals surface area contributed by atoms with E-state index in [1.165, 1.54) is 16.1 Å². The minimum Gasteiger partial charge on any atom is -0.338 e. The van der Waals surface area contributed by atoms with Crippen molar-refractivity contribution in [3.05, 3.63) is 64.0 Å². The second-order valence-electron chi connectivity index (χ2n) is 6.39. The van der Waals surface area contributed by atoms with E-state index in [1.54, 1.807) is 11.3 Å². The van der Waals surface area contributed by atoms with Gasteiger partial charge in [0.2, 0.25) is 5.91 Å². The molecular weight excluding hydrogens is 330 g/mol. The van der Waals surface area contributed by atoms with Crippen molar-refractivity contribution in [3.63, 3.8) is 0 Å². The van der Waals surface area contributed by atoms with Gasteiger partial charge in [0.1, 0.15) is 0 Å². The van der Waals surface area contributed by atoms with Gasteiger partial charge in [-0.25, -0.2) is 0 Å². The van der Waals surface area contributed by atoms with Gasteiger partial charge in [0.15, 0.2) is 0 Å². The largest absolute Gasteiger partial charge is 0.338 e. The lowest BCUT2D eigenvalue weighted by molar-refractivity contribution is -0.132. The normalized spacial score (nSPS) is 13.7. The summed E-state index contributed by atoms with van der Waals surface area (Å²) in [6.45, 7) is 1.44. The molecule has 3 heterocycles. The van der Waals surface area contributed by atoms with E-state index >= 15 is 0 Å². The summed E-state index contributed by atoms with van der Waals surface area (Å²) in [5.41, 5.74) is 4.42. The monoisotopic (exact) mass is 351 g/mol. The summed E-state index contributed by atoms with van der Waals surface area (Å²) < 4.78 is 0. The van der Waals surface area contributed by atoms with E-state index in [2.05, 4.69) is 39.8 Å². The lowest BCUT2D eigenvalue weighted by Gasteiger charge is -2.27.